The molecule has 1 amide bonds. The number of nitrogens with zero attached hydrogens (tertiary/aromatic N) is 2. The molecule has 0 bridgehead atoms. The highest BCUT2D eigenvalue weighted by Crippen LogP contribution is 2.44. The molecule has 4 rings (SSSR count). The summed E-state index contributed by atoms with van der Waals surface area (Å²) in [4.78, 5) is 14.6. The number of hydrogen-bond acceptors (Lipinski definition) is 5. The number of sulfonamides is 1. The van der Waals surface area contributed by atoms with Gasteiger partial charge < -0.3 is 14.4 Å². The average molecular weight is 525 g/mol. The highest BCUT2D eigenvalue weighted by molar-refractivity contribution is 7.89. The van der Waals surface area contributed by atoms with E-state index in [9.17, 15) is 26.4 Å². The standard InChI is InChI=1S/C25H27F3N2O5S/c1-34-18-4-5-19-8-10-20(11-9-19)30-17-14-24(23(30)31)12-15-29(16-13-24)36(32,33)22-7-3-2-6-21(22)35-25(26,27)28/h2-11H,12-18H2,1H3/b5-4+. The van der Waals surface area contributed by atoms with E-state index in [1.165, 1.54) is 12.1 Å². The number of halogens is 3. The van der Waals surface area contributed by atoms with Gasteiger partial charge in [-0.3, -0.25) is 4.79 Å². The van der Waals surface area contributed by atoms with E-state index in [0.717, 1.165) is 27.7 Å². The first-order valence-corrected chi connectivity index (χ1v) is 12.9. The Morgan fingerprint density at radius 2 is 1.64 bits per heavy atom. The number of anilines is 1. The van der Waals surface area contributed by atoms with E-state index in [1.54, 1.807) is 12.0 Å². The molecule has 7 nitrogen and oxygen atoms in total. The van der Waals surface area contributed by atoms with Gasteiger partial charge in [-0.05, 0) is 49.1 Å². The highest BCUT2D eigenvalue weighted by Gasteiger charge is 2.50. The van der Waals surface area contributed by atoms with E-state index in [-0.39, 0.29) is 19.0 Å². The molecule has 0 radical (unpaired) electrons. The second kappa shape index (κ2) is 10.2. The van der Waals surface area contributed by atoms with Crippen molar-refractivity contribution in [2.24, 2.45) is 5.41 Å². The SMILES string of the molecule is COC/C=C/c1ccc(N2CCC3(CCN(S(=O)(=O)c4ccccc4OC(F)(F)F)CC3)C2=O)cc1. The zero-order valence-electron chi connectivity index (χ0n) is 19.7. The molecule has 1 spiro atoms. The Morgan fingerprint density at radius 3 is 2.28 bits per heavy atom. The highest BCUT2D eigenvalue weighted by atomic mass is 32.2. The van der Waals surface area contributed by atoms with Gasteiger partial charge >= 0.3 is 6.36 Å². The van der Waals surface area contributed by atoms with Crippen molar-refractivity contribution in [1.29, 1.82) is 0 Å². The minimum absolute atomic E-state index is 0.0332. The summed E-state index contributed by atoms with van der Waals surface area (Å²) in [5, 5.41) is 0. The second-order valence-corrected chi connectivity index (χ2v) is 10.7. The number of rotatable bonds is 7. The lowest BCUT2D eigenvalue weighted by Crippen LogP contribution is -2.46. The first kappa shape index (κ1) is 26.2. The van der Waals surface area contributed by atoms with Crippen LogP contribution in [0.1, 0.15) is 24.8 Å². The largest absolute Gasteiger partial charge is 0.573 e. The van der Waals surface area contributed by atoms with Crippen LogP contribution in [0.25, 0.3) is 6.08 Å². The lowest BCUT2D eigenvalue weighted by molar-refractivity contribution is -0.275. The average Bonchev–Trinajstić information content (AvgIpc) is 3.14. The van der Waals surface area contributed by atoms with Gasteiger partial charge in [-0.2, -0.15) is 4.31 Å². The number of piperidine rings is 1. The van der Waals surface area contributed by atoms with Gasteiger partial charge in [-0.25, -0.2) is 8.42 Å². The Hall–Kier alpha value is -2.89. The molecule has 0 saturated carbocycles. The fourth-order valence-electron chi connectivity index (χ4n) is 4.74. The van der Waals surface area contributed by atoms with Crippen molar-refractivity contribution in [3.63, 3.8) is 0 Å². The first-order valence-electron chi connectivity index (χ1n) is 11.5. The number of carbonyl (C=O) groups excluding carboxylic acids is 1. The van der Waals surface area contributed by atoms with Gasteiger partial charge in [0.05, 0.1) is 12.0 Å². The smallest absolute Gasteiger partial charge is 0.404 e. The number of carbonyl (C=O) groups is 1. The molecule has 2 saturated heterocycles. The van der Waals surface area contributed by atoms with E-state index in [0.29, 0.717) is 32.4 Å². The molecule has 0 N–H and O–H groups in total. The monoisotopic (exact) mass is 524 g/mol. The van der Waals surface area contributed by atoms with Crippen molar-refractivity contribution in [3.8, 4) is 5.75 Å². The van der Waals surface area contributed by atoms with Crippen LogP contribution in [0, 0.1) is 5.41 Å². The van der Waals surface area contributed by atoms with Crippen molar-refractivity contribution in [1.82, 2.24) is 4.31 Å². The van der Waals surface area contributed by atoms with Crippen molar-refractivity contribution >= 4 is 27.7 Å². The van der Waals surface area contributed by atoms with Gasteiger partial charge in [-0.1, -0.05) is 36.4 Å². The maximum Gasteiger partial charge on any atom is 0.573 e. The molecular formula is C25H27F3N2O5S. The first-order chi connectivity index (χ1) is 17.1. The molecule has 2 aromatic rings. The Balaban J connectivity index is 1.45. The van der Waals surface area contributed by atoms with Gasteiger partial charge in [-0.15, -0.1) is 13.2 Å². The van der Waals surface area contributed by atoms with Crippen molar-refractivity contribution in [2.75, 3.05) is 38.3 Å². The summed E-state index contributed by atoms with van der Waals surface area (Å²) >= 11 is 0. The number of ether oxygens (including phenoxy) is 2. The molecular weight excluding hydrogens is 497 g/mol. The van der Waals surface area contributed by atoms with Crippen LogP contribution < -0.4 is 9.64 Å². The summed E-state index contributed by atoms with van der Waals surface area (Å²) in [6.07, 6.45) is -0.0305. The summed E-state index contributed by atoms with van der Waals surface area (Å²) in [6.45, 7) is 1.09. The molecule has 0 atom stereocenters. The summed E-state index contributed by atoms with van der Waals surface area (Å²) in [5.41, 5.74) is 1.06. The predicted molar refractivity (Wildman–Crippen MR) is 128 cm³/mol. The molecule has 0 aliphatic carbocycles. The normalized spacial score (nSPS) is 18.9. The number of benzene rings is 2. The van der Waals surface area contributed by atoms with Crippen LogP contribution in [0.5, 0.6) is 5.75 Å². The Kier molecular flexibility index (Phi) is 7.44. The Bertz CT molecular complexity index is 1220. The van der Waals surface area contributed by atoms with E-state index >= 15 is 0 Å². The van der Waals surface area contributed by atoms with Crippen LogP contribution in [-0.4, -0.2) is 58.3 Å². The minimum Gasteiger partial charge on any atom is -0.404 e. The van der Waals surface area contributed by atoms with Crippen LogP contribution in [0.4, 0.5) is 18.9 Å². The summed E-state index contributed by atoms with van der Waals surface area (Å²) in [7, 11) is -2.63. The topological polar surface area (TPSA) is 76.2 Å². The Morgan fingerprint density at radius 1 is 1.00 bits per heavy atom. The van der Waals surface area contributed by atoms with Crippen LogP contribution >= 0.6 is 0 Å². The molecule has 0 unspecified atom stereocenters. The van der Waals surface area contributed by atoms with E-state index < -0.39 is 32.4 Å². The van der Waals surface area contributed by atoms with Crippen LogP contribution in [0.3, 0.4) is 0 Å². The molecule has 2 aromatic carbocycles. The summed E-state index contributed by atoms with van der Waals surface area (Å²) < 4.78 is 74.7. The molecule has 36 heavy (non-hydrogen) atoms. The predicted octanol–water partition coefficient (Wildman–Crippen LogP) is 4.45. The zero-order chi connectivity index (χ0) is 26.0. The maximum absolute atomic E-state index is 13.4. The van der Waals surface area contributed by atoms with Crippen LogP contribution in [0.2, 0.25) is 0 Å². The fraction of sp³-hybridized carbons (Fsp3) is 0.400. The summed E-state index contributed by atoms with van der Waals surface area (Å²) in [5.74, 6) is -0.822. The van der Waals surface area contributed by atoms with E-state index in [2.05, 4.69) is 4.74 Å². The third-order valence-corrected chi connectivity index (χ3v) is 8.60. The molecule has 2 aliphatic rings. The molecule has 11 heteroatoms. The molecule has 2 heterocycles. The second-order valence-electron chi connectivity index (χ2n) is 8.83. The number of amides is 1. The fourth-order valence-corrected chi connectivity index (χ4v) is 6.30. The van der Waals surface area contributed by atoms with Crippen LogP contribution in [-0.2, 0) is 19.6 Å². The molecule has 194 valence electrons. The third-order valence-electron chi connectivity index (χ3n) is 6.66. The van der Waals surface area contributed by atoms with Gasteiger partial charge in [0.1, 0.15) is 10.6 Å². The summed E-state index contributed by atoms with van der Waals surface area (Å²) in [6, 6.07) is 12.3. The third kappa shape index (κ3) is 5.42. The van der Waals surface area contributed by atoms with Crippen molar-refractivity contribution in [2.45, 2.75) is 30.5 Å². The van der Waals surface area contributed by atoms with Gasteiger partial charge in [0.15, 0.2) is 0 Å². The van der Waals surface area contributed by atoms with Gasteiger partial charge in [0.25, 0.3) is 0 Å². The van der Waals surface area contributed by atoms with E-state index in [4.69, 9.17) is 4.74 Å². The number of para-hydroxylation sites is 1. The van der Waals surface area contributed by atoms with Gasteiger partial charge in [0.2, 0.25) is 15.9 Å². The molecule has 2 aliphatic heterocycles. The number of hydrogen-bond donors (Lipinski definition) is 0. The number of alkyl halides is 3. The maximum atomic E-state index is 13.4. The number of methoxy groups -OCH3 is 1. The molecule has 0 aromatic heterocycles. The van der Waals surface area contributed by atoms with Crippen LogP contribution in [0.15, 0.2) is 59.5 Å². The van der Waals surface area contributed by atoms with Crippen molar-refractivity contribution in [3.05, 3.63) is 60.2 Å². The van der Waals surface area contributed by atoms with Crippen molar-refractivity contribution < 1.29 is 35.9 Å². The van der Waals surface area contributed by atoms with Gasteiger partial charge in [0, 0.05) is 32.4 Å². The lowest BCUT2D eigenvalue weighted by Gasteiger charge is -2.37. The minimum atomic E-state index is -5.02. The lowest BCUT2D eigenvalue weighted by atomic mass is 9.77. The Labute approximate surface area is 208 Å². The van der Waals surface area contributed by atoms with E-state index in [1.807, 2.05) is 36.4 Å². The zero-order valence-corrected chi connectivity index (χ0v) is 20.5. The quantitative estimate of drug-likeness (QED) is 0.535. The molecule has 2 fully saturated rings.